The molecule has 1 amide bonds. The van der Waals surface area contributed by atoms with E-state index >= 15 is 0 Å². The molecule has 0 aromatic rings. The fourth-order valence-corrected chi connectivity index (χ4v) is 2.46. The number of amides is 1. The molecule has 1 rings (SSSR count). The Kier molecular flexibility index (Phi) is 7.28. The predicted molar refractivity (Wildman–Crippen MR) is 73.3 cm³/mol. The van der Waals surface area contributed by atoms with Crippen molar-refractivity contribution in [3.05, 3.63) is 0 Å². The first-order valence-corrected chi connectivity index (χ1v) is 7.31. The van der Waals surface area contributed by atoms with Crippen molar-refractivity contribution < 1.29 is 9.53 Å². The van der Waals surface area contributed by atoms with Crippen molar-refractivity contribution in [1.29, 1.82) is 0 Å². The number of carbonyl (C=O) groups is 1. The van der Waals surface area contributed by atoms with Gasteiger partial charge in [0.05, 0.1) is 0 Å². The van der Waals surface area contributed by atoms with E-state index in [0.717, 1.165) is 25.7 Å². The Morgan fingerprint density at radius 2 is 2.17 bits per heavy atom. The van der Waals surface area contributed by atoms with Crippen LogP contribution in [0.4, 0.5) is 0 Å². The minimum Gasteiger partial charge on any atom is -0.369 e. The van der Waals surface area contributed by atoms with E-state index < -0.39 is 0 Å². The molecular weight excluding hydrogens is 228 g/mol. The fraction of sp³-hybridized carbons (Fsp3) is 0.929. The molecule has 1 aliphatic carbocycles. The van der Waals surface area contributed by atoms with Gasteiger partial charge in [-0.2, -0.15) is 0 Å². The Labute approximate surface area is 111 Å². The highest BCUT2D eigenvalue weighted by molar-refractivity contribution is 5.80. The Morgan fingerprint density at radius 1 is 1.44 bits per heavy atom. The molecule has 3 N–H and O–H groups in total. The van der Waals surface area contributed by atoms with Crippen molar-refractivity contribution in [2.75, 3.05) is 13.2 Å². The molecule has 4 heteroatoms. The van der Waals surface area contributed by atoms with Gasteiger partial charge in [0.1, 0.15) is 6.10 Å². The van der Waals surface area contributed by atoms with Crippen LogP contribution in [0, 0.1) is 5.92 Å². The maximum absolute atomic E-state index is 12.0. The summed E-state index contributed by atoms with van der Waals surface area (Å²) in [6.45, 7) is 5.26. The van der Waals surface area contributed by atoms with E-state index in [2.05, 4.69) is 12.2 Å². The highest BCUT2D eigenvalue weighted by atomic mass is 16.5. The van der Waals surface area contributed by atoms with E-state index in [-0.39, 0.29) is 18.1 Å². The third-order valence-corrected chi connectivity index (χ3v) is 3.77. The third kappa shape index (κ3) is 4.94. The Balaban J connectivity index is 2.32. The molecule has 0 saturated heterocycles. The molecule has 0 spiro atoms. The van der Waals surface area contributed by atoms with Gasteiger partial charge in [0, 0.05) is 12.6 Å². The Morgan fingerprint density at radius 3 is 2.83 bits per heavy atom. The monoisotopic (exact) mass is 256 g/mol. The van der Waals surface area contributed by atoms with Gasteiger partial charge in [-0.25, -0.2) is 0 Å². The summed E-state index contributed by atoms with van der Waals surface area (Å²) >= 11 is 0. The SMILES string of the molecule is CCCCOC(C)C(=O)NC1CCCCC1CN. The number of unbranched alkanes of at least 4 members (excludes halogenated alkanes) is 1. The van der Waals surface area contributed by atoms with Gasteiger partial charge in [0.2, 0.25) is 5.91 Å². The lowest BCUT2D eigenvalue weighted by atomic mass is 9.84. The molecule has 0 aromatic carbocycles. The van der Waals surface area contributed by atoms with Crippen molar-refractivity contribution in [2.24, 2.45) is 11.7 Å². The first-order valence-electron chi connectivity index (χ1n) is 7.31. The van der Waals surface area contributed by atoms with Crippen LogP contribution in [-0.4, -0.2) is 31.2 Å². The Bertz CT molecular complexity index is 246. The van der Waals surface area contributed by atoms with Gasteiger partial charge in [-0.3, -0.25) is 4.79 Å². The first kappa shape index (κ1) is 15.4. The third-order valence-electron chi connectivity index (χ3n) is 3.77. The second-order valence-corrected chi connectivity index (χ2v) is 5.26. The molecule has 0 radical (unpaired) electrons. The number of carbonyl (C=O) groups excluding carboxylic acids is 1. The average Bonchev–Trinajstić information content (AvgIpc) is 2.39. The number of rotatable bonds is 7. The molecule has 106 valence electrons. The van der Waals surface area contributed by atoms with Crippen molar-refractivity contribution in [3.63, 3.8) is 0 Å². The number of hydrogen-bond donors (Lipinski definition) is 2. The van der Waals surface area contributed by atoms with Gasteiger partial charge in [-0.1, -0.05) is 26.2 Å². The lowest BCUT2D eigenvalue weighted by Crippen LogP contribution is -2.48. The van der Waals surface area contributed by atoms with Crippen LogP contribution in [0.25, 0.3) is 0 Å². The molecule has 0 bridgehead atoms. The molecule has 0 aliphatic heterocycles. The summed E-state index contributed by atoms with van der Waals surface area (Å²) in [6, 6.07) is 0.244. The zero-order valence-corrected chi connectivity index (χ0v) is 11.8. The molecule has 0 aromatic heterocycles. The average molecular weight is 256 g/mol. The van der Waals surface area contributed by atoms with E-state index in [1.165, 1.54) is 12.8 Å². The van der Waals surface area contributed by atoms with E-state index in [9.17, 15) is 4.79 Å². The number of nitrogens with one attached hydrogen (secondary N) is 1. The van der Waals surface area contributed by atoms with E-state index in [0.29, 0.717) is 19.1 Å². The van der Waals surface area contributed by atoms with Crippen LogP contribution in [0.5, 0.6) is 0 Å². The van der Waals surface area contributed by atoms with Crippen molar-refractivity contribution >= 4 is 5.91 Å². The molecule has 0 heterocycles. The van der Waals surface area contributed by atoms with Crippen LogP contribution in [0.15, 0.2) is 0 Å². The zero-order valence-electron chi connectivity index (χ0n) is 11.8. The minimum atomic E-state index is -0.350. The van der Waals surface area contributed by atoms with Gasteiger partial charge >= 0.3 is 0 Å². The van der Waals surface area contributed by atoms with Gasteiger partial charge in [0.25, 0.3) is 0 Å². The van der Waals surface area contributed by atoms with E-state index in [1.54, 1.807) is 0 Å². The molecule has 3 unspecified atom stereocenters. The lowest BCUT2D eigenvalue weighted by molar-refractivity contribution is -0.133. The van der Waals surface area contributed by atoms with Gasteiger partial charge in [-0.15, -0.1) is 0 Å². The summed E-state index contributed by atoms with van der Waals surface area (Å²) in [5, 5.41) is 3.10. The Hall–Kier alpha value is -0.610. The molecule has 1 fully saturated rings. The van der Waals surface area contributed by atoms with Crippen molar-refractivity contribution in [1.82, 2.24) is 5.32 Å². The molecule has 1 aliphatic rings. The van der Waals surface area contributed by atoms with Crippen LogP contribution in [0.2, 0.25) is 0 Å². The van der Waals surface area contributed by atoms with Crippen LogP contribution < -0.4 is 11.1 Å². The van der Waals surface area contributed by atoms with Gasteiger partial charge in [0.15, 0.2) is 0 Å². The van der Waals surface area contributed by atoms with Crippen LogP contribution in [0.1, 0.15) is 52.4 Å². The predicted octanol–water partition coefficient (Wildman–Crippen LogP) is 1.83. The summed E-state index contributed by atoms with van der Waals surface area (Å²) in [6.07, 6.45) is 6.35. The van der Waals surface area contributed by atoms with Crippen LogP contribution in [-0.2, 0) is 9.53 Å². The summed E-state index contributed by atoms with van der Waals surface area (Å²) in [5.74, 6) is 0.446. The maximum atomic E-state index is 12.0. The fourth-order valence-electron chi connectivity index (χ4n) is 2.46. The number of nitrogens with two attached hydrogens (primary N) is 1. The molecule has 4 nitrogen and oxygen atoms in total. The smallest absolute Gasteiger partial charge is 0.249 e. The van der Waals surface area contributed by atoms with Gasteiger partial charge < -0.3 is 15.8 Å². The number of hydrogen-bond acceptors (Lipinski definition) is 3. The van der Waals surface area contributed by atoms with Crippen LogP contribution in [0.3, 0.4) is 0 Å². The number of ether oxygens (including phenoxy) is 1. The molecule has 1 saturated carbocycles. The van der Waals surface area contributed by atoms with Crippen molar-refractivity contribution in [2.45, 2.75) is 64.5 Å². The summed E-state index contributed by atoms with van der Waals surface area (Å²) < 4.78 is 5.51. The van der Waals surface area contributed by atoms with Gasteiger partial charge in [-0.05, 0) is 38.6 Å². The second kappa shape index (κ2) is 8.48. The van der Waals surface area contributed by atoms with E-state index in [1.807, 2.05) is 6.92 Å². The van der Waals surface area contributed by atoms with Crippen molar-refractivity contribution in [3.8, 4) is 0 Å². The topological polar surface area (TPSA) is 64.3 Å². The highest BCUT2D eigenvalue weighted by Gasteiger charge is 2.26. The summed E-state index contributed by atoms with van der Waals surface area (Å²) in [7, 11) is 0. The molecular formula is C14H28N2O2. The lowest BCUT2D eigenvalue weighted by Gasteiger charge is -2.32. The summed E-state index contributed by atoms with van der Waals surface area (Å²) in [4.78, 5) is 12.0. The standard InChI is InChI=1S/C14H28N2O2/c1-3-4-9-18-11(2)14(17)16-13-8-6-5-7-12(13)10-15/h11-13H,3-10,15H2,1-2H3,(H,16,17). The highest BCUT2D eigenvalue weighted by Crippen LogP contribution is 2.23. The first-order chi connectivity index (χ1) is 8.69. The molecule has 3 atom stereocenters. The zero-order chi connectivity index (χ0) is 13.4. The quantitative estimate of drug-likeness (QED) is 0.683. The normalized spacial score (nSPS) is 25.7. The maximum Gasteiger partial charge on any atom is 0.249 e. The summed E-state index contributed by atoms with van der Waals surface area (Å²) in [5.41, 5.74) is 5.76. The van der Waals surface area contributed by atoms with E-state index in [4.69, 9.17) is 10.5 Å². The minimum absolute atomic E-state index is 0.0106. The molecule has 18 heavy (non-hydrogen) atoms. The van der Waals surface area contributed by atoms with Crippen LogP contribution >= 0.6 is 0 Å². The second-order valence-electron chi connectivity index (χ2n) is 5.26. The largest absolute Gasteiger partial charge is 0.369 e.